The van der Waals surface area contributed by atoms with E-state index in [9.17, 15) is 4.79 Å². The van der Waals surface area contributed by atoms with Crippen LogP contribution in [0.15, 0.2) is 58.1 Å². The zero-order valence-corrected chi connectivity index (χ0v) is 18.3. The van der Waals surface area contributed by atoms with Crippen LogP contribution in [0.25, 0.3) is 17.1 Å². The molecule has 2 aromatic heterocycles. The highest BCUT2D eigenvalue weighted by Crippen LogP contribution is 2.26. The highest BCUT2D eigenvalue weighted by Gasteiger charge is 2.14. The maximum absolute atomic E-state index is 12.3. The number of aromatic nitrogens is 6. The zero-order chi connectivity index (χ0) is 21.3. The van der Waals surface area contributed by atoms with Gasteiger partial charge in [0.2, 0.25) is 0 Å². The average Bonchev–Trinajstić information content (AvgIpc) is 3.07. The van der Waals surface area contributed by atoms with Gasteiger partial charge in [-0.1, -0.05) is 12.1 Å². The van der Waals surface area contributed by atoms with Crippen LogP contribution >= 0.6 is 15.9 Å². The second kappa shape index (κ2) is 8.19. The first-order chi connectivity index (χ1) is 14.4. The number of hydrogen-bond acceptors (Lipinski definition) is 6. The Morgan fingerprint density at radius 2 is 1.80 bits per heavy atom. The second-order valence-electron chi connectivity index (χ2n) is 6.86. The molecule has 0 atom stereocenters. The summed E-state index contributed by atoms with van der Waals surface area (Å²) in [6.45, 7) is 4.24. The number of aryl methyl sites for hydroxylation is 3. The zero-order valence-electron chi connectivity index (χ0n) is 16.7. The van der Waals surface area contributed by atoms with E-state index in [2.05, 4.69) is 36.3 Å². The molecule has 4 rings (SSSR count). The van der Waals surface area contributed by atoms with E-state index in [4.69, 9.17) is 4.74 Å². The minimum absolute atomic E-state index is 0.292. The van der Waals surface area contributed by atoms with Crippen LogP contribution < -0.4 is 10.4 Å². The molecule has 0 saturated heterocycles. The van der Waals surface area contributed by atoms with Gasteiger partial charge in [0.1, 0.15) is 12.4 Å². The van der Waals surface area contributed by atoms with Crippen molar-refractivity contribution < 1.29 is 4.74 Å². The van der Waals surface area contributed by atoms with Gasteiger partial charge in [-0.25, -0.2) is 14.8 Å². The molecule has 0 amide bonds. The normalized spacial score (nSPS) is 10.9. The summed E-state index contributed by atoms with van der Waals surface area (Å²) >= 11 is 3.35. The number of tetrazole rings is 1. The van der Waals surface area contributed by atoms with E-state index in [1.54, 1.807) is 19.4 Å². The third-order valence-corrected chi connectivity index (χ3v) is 5.17. The van der Waals surface area contributed by atoms with E-state index < -0.39 is 0 Å². The molecule has 0 radical (unpaired) electrons. The molecular formula is C21H19BrN6O2. The highest BCUT2D eigenvalue weighted by atomic mass is 79.9. The van der Waals surface area contributed by atoms with Crippen molar-refractivity contribution in [3.05, 3.63) is 80.4 Å². The number of rotatable bonds is 5. The maximum atomic E-state index is 12.3. The average molecular weight is 467 g/mol. The SMILES string of the molecule is Cc1cc(-c2ncc(Br)cn2)ccc1OCc1c(C)cccc1-n1nnn(C)c1=O. The van der Waals surface area contributed by atoms with Crippen LogP contribution in [0, 0.1) is 13.8 Å². The van der Waals surface area contributed by atoms with Gasteiger partial charge in [0.25, 0.3) is 0 Å². The Labute approximate surface area is 181 Å². The van der Waals surface area contributed by atoms with E-state index in [0.717, 1.165) is 32.5 Å². The van der Waals surface area contributed by atoms with Gasteiger partial charge in [-0.2, -0.15) is 9.36 Å². The number of benzene rings is 2. The first kappa shape index (κ1) is 20.0. The van der Waals surface area contributed by atoms with Gasteiger partial charge in [-0.3, -0.25) is 0 Å². The third-order valence-electron chi connectivity index (χ3n) is 4.76. The van der Waals surface area contributed by atoms with Gasteiger partial charge in [0.05, 0.1) is 10.2 Å². The molecule has 2 aromatic carbocycles. The number of ether oxygens (including phenoxy) is 1. The van der Waals surface area contributed by atoms with Crippen LogP contribution in [0.3, 0.4) is 0 Å². The van der Waals surface area contributed by atoms with Gasteiger partial charge >= 0.3 is 5.69 Å². The molecule has 0 saturated carbocycles. The van der Waals surface area contributed by atoms with Crippen molar-refractivity contribution in [1.82, 2.24) is 29.8 Å². The predicted molar refractivity (Wildman–Crippen MR) is 116 cm³/mol. The molecule has 0 bridgehead atoms. The van der Waals surface area contributed by atoms with Crippen molar-refractivity contribution in [2.45, 2.75) is 20.5 Å². The van der Waals surface area contributed by atoms with Crippen molar-refractivity contribution in [3.63, 3.8) is 0 Å². The molecule has 0 spiro atoms. The summed E-state index contributed by atoms with van der Waals surface area (Å²) in [5, 5.41) is 7.76. The molecule has 0 aliphatic carbocycles. The van der Waals surface area contributed by atoms with Crippen LogP contribution in [0.1, 0.15) is 16.7 Å². The van der Waals surface area contributed by atoms with E-state index in [1.807, 2.05) is 50.2 Å². The topological polar surface area (TPSA) is 87.7 Å². The van der Waals surface area contributed by atoms with Crippen LogP contribution in [-0.2, 0) is 13.7 Å². The maximum Gasteiger partial charge on any atom is 0.368 e. The number of hydrogen-bond donors (Lipinski definition) is 0. The molecule has 8 nitrogen and oxygen atoms in total. The smallest absolute Gasteiger partial charge is 0.368 e. The van der Waals surface area contributed by atoms with E-state index in [-0.39, 0.29) is 5.69 Å². The van der Waals surface area contributed by atoms with Crippen molar-refractivity contribution in [2.75, 3.05) is 0 Å². The number of halogens is 1. The first-order valence-electron chi connectivity index (χ1n) is 9.23. The molecule has 9 heteroatoms. The highest BCUT2D eigenvalue weighted by molar-refractivity contribution is 9.10. The summed E-state index contributed by atoms with van der Waals surface area (Å²) in [7, 11) is 1.57. The molecule has 0 fully saturated rings. The van der Waals surface area contributed by atoms with Gasteiger partial charge in [0, 0.05) is 30.6 Å². The lowest BCUT2D eigenvalue weighted by molar-refractivity contribution is 0.302. The van der Waals surface area contributed by atoms with Gasteiger partial charge in [-0.15, -0.1) is 0 Å². The van der Waals surface area contributed by atoms with Crippen LogP contribution in [0.2, 0.25) is 0 Å². The summed E-state index contributed by atoms with van der Waals surface area (Å²) in [6.07, 6.45) is 3.44. The van der Waals surface area contributed by atoms with E-state index in [0.29, 0.717) is 18.1 Å². The molecule has 0 N–H and O–H groups in total. The summed E-state index contributed by atoms with van der Waals surface area (Å²) in [6, 6.07) is 11.5. The van der Waals surface area contributed by atoms with Gasteiger partial charge in [0.15, 0.2) is 5.82 Å². The lowest BCUT2D eigenvalue weighted by atomic mass is 10.1. The Bertz CT molecular complexity index is 1260. The second-order valence-corrected chi connectivity index (χ2v) is 7.78. The van der Waals surface area contributed by atoms with E-state index in [1.165, 1.54) is 9.36 Å². The quantitative estimate of drug-likeness (QED) is 0.447. The lowest BCUT2D eigenvalue weighted by Crippen LogP contribution is -2.23. The Balaban J connectivity index is 1.60. The number of nitrogens with zero attached hydrogens (tertiary/aromatic N) is 6. The Kier molecular flexibility index (Phi) is 5.45. The molecule has 4 aromatic rings. The summed E-state index contributed by atoms with van der Waals surface area (Å²) in [4.78, 5) is 21.0. The first-order valence-corrected chi connectivity index (χ1v) is 10.0. The minimum Gasteiger partial charge on any atom is -0.489 e. The fourth-order valence-electron chi connectivity index (χ4n) is 3.10. The van der Waals surface area contributed by atoms with Gasteiger partial charge < -0.3 is 4.74 Å². The monoisotopic (exact) mass is 466 g/mol. The van der Waals surface area contributed by atoms with E-state index >= 15 is 0 Å². The summed E-state index contributed by atoms with van der Waals surface area (Å²) in [5.41, 5.74) is 4.10. The van der Waals surface area contributed by atoms with Crippen LogP contribution in [0.5, 0.6) is 5.75 Å². The fourth-order valence-corrected chi connectivity index (χ4v) is 3.30. The van der Waals surface area contributed by atoms with Crippen molar-refractivity contribution in [3.8, 4) is 22.8 Å². The molecule has 30 heavy (non-hydrogen) atoms. The van der Waals surface area contributed by atoms with Crippen molar-refractivity contribution in [1.29, 1.82) is 0 Å². The summed E-state index contributed by atoms with van der Waals surface area (Å²) in [5.74, 6) is 1.40. The van der Waals surface area contributed by atoms with Crippen LogP contribution in [0.4, 0.5) is 0 Å². The molecule has 152 valence electrons. The standard InChI is InChI=1S/C21H19BrN6O2/c1-13-5-4-6-18(28-21(29)27(3)25-26-28)17(13)12-30-19-8-7-15(9-14(19)2)20-23-10-16(22)11-24-20/h4-11H,12H2,1-3H3. The Morgan fingerprint density at radius 1 is 1.03 bits per heavy atom. The summed E-state index contributed by atoms with van der Waals surface area (Å²) < 4.78 is 9.42. The third kappa shape index (κ3) is 3.88. The Morgan fingerprint density at radius 3 is 2.47 bits per heavy atom. The largest absolute Gasteiger partial charge is 0.489 e. The van der Waals surface area contributed by atoms with Crippen molar-refractivity contribution in [2.24, 2.45) is 7.05 Å². The minimum atomic E-state index is -0.308. The van der Waals surface area contributed by atoms with Crippen LogP contribution in [-0.4, -0.2) is 29.8 Å². The molecule has 0 aliphatic rings. The molecule has 0 unspecified atom stereocenters. The molecule has 2 heterocycles. The van der Waals surface area contributed by atoms with Gasteiger partial charge in [-0.05, 0) is 75.6 Å². The lowest BCUT2D eigenvalue weighted by Gasteiger charge is -2.14. The fraction of sp³-hybridized carbons (Fsp3) is 0.190. The molecule has 0 aliphatic heterocycles. The molecular weight excluding hydrogens is 448 g/mol. The predicted octanol–water partition coefficient (Wildman–Crippen LogP) is 3.38. The Hall–Kier alpha value is -3.33. The van der Waals surface area contributed by atoms with Crippen molar-refractivity contribution >= 4 is 15.9 Å².